The molecule has 3 heteroatoms. The van der Waals surface area contributed by atoms with Gasteiger partial charge in [0.25, 0.3) is 0 Å². The van der Waals surface area contributed by atoms with Gasteiger partial charge in [0.2, 0.25) is 0 Å². The predicted molar refractivity (Wildman–Crippen MR) is 69.7 cm³/mol. The minimum absolute atomic E-state index is 0.213. The van der Waals surface area contributed by atoms with E-state index in [1.807, 2.05) is 0 Å². The first kappa shape index (κ1) is 11.5. The molecule has 82 valence electrons. The number of ether oxygens (including phenoxy) is 1. The Bertz CT molecular complexity index is 334. The number of thiol groups is 1. The fourth-order valence-electron chi connectivity index (χ4n) is 2.12. The maximum Gasteiger partial charge on any atom is 0.0474 e. The van der Waals surface area contributed by atoms with Crippen LogP contribution in [-0.4, -0.2) is 19.0 Å². The van der Waals surface area contributed by atoms with Crippen LogP contribution in [0.15, 0.2) is 28.7 Å². The standard InChI is InChI=1S/C12H15BrOS/c13-11-3-1-2-10(8-11)12(9-15)4-6-14-7-5-12/h1-3,8,15H,4-7,9H2. The van der Waals surface area contributed by atoms with Gasteiger partial charge in [0.15, 0.2) is 0 Å². The summed E-state index contributed by atoms with van der Waals surface area (Å²) in [4.78, 5) is 0. The molecule has 0 atom stereocenters. The molecule has 1 saturated heterocycles. The summed E-state index contributed by atoms with van der Waals surface area (Å²) in [7, 11) is 0. The Kier molecular flexibility index (Phi) is 3.75. The molecule has 0 N–H and O–H groups in total. The second kappa shape index (κ2) is 4.89. The molecule has 0 bridgehead atoms. The van der Waals surface area contributed by atoms with Crippen LogP contribution in [0.2, 0.25) is 0 Å². The number of hydrogen-bond acceptors (Lipinski definition) is 2. The minimum Gasteiger partial charge on any atom is -0.381 e. The second-order valence-electron chi connectivity index (χ2n) is 4.06. The Balaban J connectivity index is 2.32. The summed E-state index contributed by atoms with van der Waals surface area (Å²) in [5, 5.41) is 0. The van der Waals surface area contributed by atoms with Gasteiger partial charge in [0.05, 0.1) is 0 Å². The number of benzene rings is 1. The number of rotatable bonds is 2. The van der Waals surface area contributed by atoms with Crippen molar-refractivity contribution in [1.29, 1.82) is 0 Å². The molecule has 1 heterocycles. The van der Waals surface area contributed by atoms with Gasteiger partial charge in [-0.1, -0.05) is 28.1 Å². The van der Waals surface area contributed by atoms with Gasteiger partial charge in [0.1, 0.15) is 0 Å². The van der Waals surface area contributed by atoms with Crippen molar-refractivity contribution < 1.29 is 4.74 Å². The molecule has 0 radical (unpaired) electrons. The van der Waals surface area contributed by atoms with Crippen molar-refractivity contribution in [2.24, 2.45) is 0 Å². The zero-order valence-corrected chi connectivity index (χ0v) is 11.1. The van der Waals surface area contributed by atoms with Gasteiger partial charge in [-0.25, -0.2) is 0 Å². The van der Waals surface area contributed by atoms with Gasteiger partial charge in [-0.15, -0.1) is 0 Å². The lowest BCUT2D eigenvalue weighted by atomic mass is 9.76. The molecule has 0 aliphatic carbocycles. The number of hydrogen-bond donors (Lipinski definition) is 1. The molecule has 15 heavy (non-hydrogen) atoms. The van der Waals surface area contributed by atoms with E-state index in [0.29, 0.717) is 0 Å². The highest BCUT2D eigenvalue weighted by Gasteiger charge is 2.32. The van der Waals surface area contributed by atoms with Crippen LogP contribution in [-0.2, 0) is 10.2 Å². The average molecular weight is 287 g/mol. The van der Waals surface area contributed by atoms with E-state index in [0.717, 1.165) is 36.3 Å². The zero-order chi connectivity index (χ0) is 10.7. The van der Waals surface area contributed by atoms with Crippen molar-refractivity contribution >= 4 is 28.6 Å². The van der Waals surface area contributed by atoms with Gasteiger partial charge in [-0.05, 0) is 30.5 Å². The van der Waals surface area contributed by atoms with E-state index in [-0.39, 0.29) is 5.41 Å². The van der Waals surface area contributed by atoms with Gasteiger partial charge >= 0.3 is 0 Å². The third-order valence-electron chi connectivity index (χ3n) is 3.19. The SMILES string of the molecule is SCC1(c2cccc(Br)c2)CCOCC1. The average Bonchev–Trinajstić information content (AvgIpc) is 2.30. The molecule has 0 amide bonds. The molecule has 1 aliphatic heterocycles. The van der Waals surface area contributed by atoms with Gasteiger partial charge in [0, 0.05) is 28.9 Å². The van der Waals surface area contributed by atoms with E-state index in [1.165, 1.54) is 5.56 Å². The molecule has 2 rings (SSSR count). The largest absolute Gasteiger partial charge is 0.381 e. The van der Waals surface area contributed by atoms with Crippen LogP contribution < -0.4 is 0 Å². The molecule has 0 aromatic heterocycles. The summed E-state index contributed by atoms with van der Waals surface area (Å²) >= 11 is 8.05. The lowest BCUT2D eigenvalue weighted by molar-refractivity contribution is 0.0581. The van der Waals surface area contributed by atoms with E-state index in [1.54, 1.807) is 0 Å². The topological polar surface area (TPSA) is 9.23 Å². The summed E-state index contributed by atoms with van der Waals surface area (Å²) in [6.07, 6.45) is 2.15. The van der Waals surface area contributed by atoms with E-state index in [2.05, 4.69) is 52.8 Å². The molecule has 1 aromatic carbocycles. The fraction of sp³-hybridized carbons (Fsp3) is 0.500. The Morgan fingerprint density at radius 1 is 1.33 bits per heavy atom. The van der Waals surface area contributed by atoms with Crippen molar-refractivity contribution in [3.8, 4) is 0 Å². The Labute approximate surface area is 105 Å². The van der Waals surface area contributed by atoms with Gasteiger partial charge < -0.3 is 4.74 Å². The molecular formula is C12H15BrOS. The van der Waals surface area contributed by atoms with E-state index >= 15 is 0 Å². The van der Waals surface area contributed by atoms with E-state index in [9.17, 15) is 0 Å². The Morgan fingerprint density at radius 2 is 2.07 bits per heavy atom. The first-order valence-electron chi connectivity index (χ1n) is 5.21. The Morgan fingerprint density at radius 3 is 2.67 bits per heavy atom. The lowest BCUT2D eigenvalue weighted by Crippen LogP contribution is -2.35. The molecular weight excluding hydrogens is 272 g/mol. The summed E-state index contributed by atoms with van der Waals surface area (Å²) in [6, 6.07) is 8.57. The smallest absolute Gasteiger partial charge is 0.0474 e. The molecule has 1 aromatic rings. The summed E-state index contributed by atoms with van der Waals surface area (Å²) < 4.78 is 6.58. The van der Waals surface area contributed by atoms with Crippen LogP contribution in [0.25, 0.3) is 0 Å². The molecule has 1 nitrogen and oxygen atoms in total. The highest BCUT2D eigenvalue weighted by molar-refractivity contribution is 9.10. The summed E-state index contributed by atoms with van der Waals surface area (Å²) in [6.45, 7) is 1.71. The van der Waals surface area contributed by atoms with Gasteiger partial charge in [-0.2, -0.15) is 12.6 Å². The summed E-state index contributed by atoms with van der Waals surface area (Å²) in [5.74, 6) is 0.896. The third kappa shape index (κ3) is 2.40. The van der Waals surface area contributed by atoms with Crippen LogP contribution in [0.4, 0.5) is 0 Å². The van der Waals surface area contributed by atoms with Crippen LogP contribution in [0.1, 0.15) is 18.4 Å². The first-order valence-corrected chi connectivity index (χ1v) is 6.64. The normalized spacial score (nSPS) is 20.1. The Hall–Kier alpha value is 0.01000. The summed E-state index contributed by atoms with van der Waals surface area (Å²) in [5.41, 5.74) is 1.60. The van der Waals surface area contributed by atoms with Crippen LogP contribution in [0.3, 0.4) is 0 Å². The van der Waals surface area contributed by atoms with Crippen molar-refractivity contribution in [1.82, 2.24) is 0 Å². The van der Waals surface area contributed by atoms with Crippen molar-refractivity contribution in [2.45, 2.75) is 18.3 Å². The minimum atomic E-state index is 0.213. The number of halogens is 1. The maximum absolute atomic E-state index is 5.43. The van der Waals surface area contributed by atoms with Crippen molar-refractivity contribution in [2.75, 3.05) is 19.0 Å². The van der Waals surface area contributed by atoms with Crippen molar-refractivity contribution in [3.63, 3.8) is 0 Å². The van der Waals surface area contributed by atoms with Crippen LogP contribution >= 0.6 is 28.6 Å². The first-order chi connectivity index (χ1) is 7.27. The highest BCUT2D eigenvalue weighted by Crippen LogP contribution is 2.36. The van der Waals surface area contributed by atoms with Crippen molar-refractivity contribution in [3.05, 3.63) is 34.3 Å². The predicted octanol–water partition coefficient (Wildman–Crippen LogP) is 3.43. The fourth-order valence-corrected chi connectivity index (χ4v) is 3.02. The van der Waals surface area contributed by atoms with Gasteiger partial charge in [-0.3, -0.25) is 0 Å². The van der Waals surface area contributed by atoms with Crippen LogP contribution in [0.5, 0.6) is 0 Å². The molecule has 0 unspecified atom stereocenters. The zero-order valence-electron chi connectivity index (χ0n) is 8.58. The molecule has 0 spiro atoms. The van der Waals surface area contributed by atoms with E-state index < -0.39 is 0 Å². The van der Waals surface area contributed by atoms with E-state index in [4.69, 9.17) is 4.74 Å². The second-order valence-corrected chi connectivity index (χ2v) is 5.29. The molecule has 1 aliphatic rings. The third-order valence-corrected chi connectivity index (χ3v) is 4.29. The lowest BCUT2D eigenvalue weighted by Gasteiger charge is -2.36. The maximum atomic E-state index is 5.43. The molecule has 1 fully saturated rings. The monoisotopic (exact) mass is 286 g/mol. The highest BCUT2D eigenvalue weighted by atomic mass is 79.9. The molecule has 0 saturated carbocycles. The van der Waals surface area contributed by atoms with Crippen LogP contribution in [0, 0.1) is 0 Å². The quantitative estimate of drug-likeness (QED) is 0.820.